The van der Waals surface area contributed by atoms with Gasteiger partial charge in [-0.1, -0.05) is 41.7 Å². The summed E-state index contributed by atoms with van der Waals surface area (Å²) in [5, 5.41) is 7.76. The van der Waals surface area contributed by atoms with Crippen LogP contribution in [0.2, 0.25) is 15.1 Å². The van der Waals surface area contributed by atoms with Crippen LogP contribution in [-0.2, 0) is 4.74 Å². The number of alkyl halides is 1. The van der Waals surface area contributed by atoms with Crippen molar-refractivity contribution in [2.75, 3.05) is 23.8 Å². The molecular formula is C24H26Cl3FN6O. The van der Waals surface area contributed by atoms with Crippen molar-refractivity contribution in [3.8, 4) is 0 Å². The lowest BCUT2D eigenvalue weighted by atomic mass is 9.87. The van der Waals surface area contributed by atoms with Crippen LogP contribution in [0.3, 0.4) is 0 Å². The Morgan fingerprint density at radius 3 is 2.71 bits per heavy atom. The van der Waals surface area contributed by atoms with Crippen molar-refractivity contribution < 1.29 is 9.13 Å². The van der Waals surface area contributed by atoms with E-state index in [1.165, 1.54) is 6.42 Å². The highest BCUT2D eigenvalue weighted by Crippen LogP contribution is 2.63. The first kappa shape index (κ1) is 23.5. The van der Waals surface area contributed by atoms with Gasteiger partial charge in [-0.2, -0.15) is 4.98 Å². The number of hydrogen-bond acceptors (Lipinski definition) is 6. The van der Waals surface area contributed by atoms with Crippen LogP contribution < -0.4 is 10.6 Å². The van der Waals surface area contributed by atoms with Gasteiger partial charge in [-0.25, -0.2) is 14.4 Å². The fourth-order valence-electron chi connectivity index (χ4n) is 5.55. The Morgan fingerprint density at radius 1 is 1.17 bits per heavy atom. The summed E-state index contributed by atoms with van der Waals surface area (Å²) in [7, 11) is 0. The van der Waals surface area contributed by atoms with Crippen molar-refractivity contribution in [2.45, 2.75) is 57.3 Å². The minimum Gasteiger partial charge on any atom is -0.378 e. The summed E-state index contributed by atoms with van der Waals surface area (Å²) in [6.07, 6.45) is 5.62. The molecule has 1 saturated heterocycles. The molecule has 0 amide bonds. The fraction of sp³-hybridized carbons (Fsp3) is 0.542. The zero-order valence-corrected chi connectivity index (χ0v) is 21.5. The molecule has 2 aromatic heterocycles. The van der Waals surface area contributed by atoms with E-state index in [4.69, 9.17) is 49.5 Å². The molecule has 11 heteroatoms. The van der Waals surface area contributed by atoms with E-state index >= 15 is 0 Å². The van der Waals surface area contributed by atoms with E-state index in [9.17, 15) is 4.39 Å². The van der Waals surface area contributed by atoms with Gasteiger partial charge in [0, 0.05) is 17.7 Å². The number of ether oxygens (including phenoxy) is 1. The number of imidazole rings is 1. The van der Waals surface area contributed by atoms with Gasteiger partial charge in [-0.15, -0.1) is 0 Å². The molecule has 3 fully saturated rings. The number of fused-ring (bicyclic) bond motifs is 2. The Morgan fingerprint density at radius 2 is 1.97 bits per heavy atom. The molecule has 1 aromatic carbocycles. The van der Waals surface area contributed by atoms with E-state index in [0.717, 1.165) is 19.3 Å². The smallest absolute Gasteiger partial charge is 0.225 e. The molecule has 6 rings (SSSR count). The molecule has 35 heavy (non-hydrogen) atoms. The normalized spacial score (nSPS) is 30.2. The number of benzene rings is 1. The predicted octanol–water partition coefficient (Wildman–Crippen LogP) is 6.82. The first-order chi connectivity index (χ1) is 16.8. The average molecular weight is 540 g/mol. The Balaban J connectivity index is 1.39. The van der Waals surface area contributed by atoms with Crippen LogP contribution >= 0.6 is 34.8 Å². The SMILES string of the molecule is C[C@@]12CC[C@H](n3c(Nc4c(Cl)cc(Cl)cc4Cl)nc4cnc(N[C@@H]5CCOC[C@H]5F)nc43)CC1C2. The Bertz CT molecular complexity index is 1260. The van der Waals surface area contributed by atoms with Gasteiger partial charge in [0.1, 0.15) is 11.7 Å². The monoisotopic (exact) mass is 538 g/mol. The molecule has 0 radical (unpaired) electrons. The number of hydrogen-bond donors (Lipinski definition) is 2. The second kappa shape index (κ2) is 8.91. The number of aromatic nitrogens is 4. The lowest BCUT2D eigenvalue weighted by molar-refractivity contribution is 0.0284. The van der Waals surface area contributed by atoms with Gasteiger partial charge in [-0.3, -0.25) is 4.57 Å². The van der Waals surface area contributed by atoms with Gasteiger partial charge in [0.15, 0.2) is 5.65 Å². The highest BCUT2D eigenvalue weighted by atomic mass is 35.5. The molecule has 7 nitrogen and oxygen atoms in total. The number of nitrogens with zero attached hydrogens (tertiary/aromatic N) is 4. The largest absolute Gasteiger partial charge is 0.378 e. The summed E-state index contributed by atoms with van der Waals surface area (Å²) in [4.78, 5) is 14.0. The Labute approximate surface area is 217 Å². The minimum atomic E-state index is -1.11. The van der Waals surface area contributed by atoms with E-state index in [0.29, 0.717) is 68.2 Å². The quantitative estimate of drug-likeness (QED) is 0.370. The fourth-order valence-corrected chi connectivity index (χ4v) is 6.47. The summed E-state index contributed by atoms with van der Waals surface area (Å²) in [6.45, 7) is 2.96. The van der Waals surface area contributed by atoms with Crippen LogP contribution in [0, 0.1) is 11.3 Å². The lowest BCUT2D eigenvalue weighted by Crippen LogP contribution is -2.39. The van der Waals surface area contributed by atoms with Gasteiger partial charge >= 0.3 is 0 Å². The topological polar surface area (TPSA) is 76.9 Å². The van der Waals surface area contributed by atoms with E-state index in [1.807, 2.05) is 0 Å². The minimum absolute atomic E-state index is 0.0801. The molecule has 2 N–H and O–H groups in total. The second-order valence-electron chi connectivity index (χ2n) is 10.2. The Hall–Kier alpha value is -1.87. The van der Waals surface area contributed by atoms with Gasteiger partial charge in [-0.05, 0) is 55.6 Å². The highest BCUT2D eigenvalue weighted by Gasteiger charge is 2.53. The third-order valence-corrected chi connectivity index (χ3v) is 8.60. The molecule has 3 aromatic rings. The predicted molar refractivity (Wildman–Crippen MR) is 137 cm³/mol. The van der Waals surface area contributed by atoms with Crippen LogP contribution in [0.1, 0.15) is 45.1 Å². The third kappa shape index (κ3) is 4.43. The van der Waals surface area contributed by atoms with Crippen molar-refractivity contribution in [1.82, 2.24) is 19.5 Å². The molecule has 2 saturated carbocycles. The van der Waals surface area contributed by atoms with Gasteiger partial charge in [0.2, 0.25) is 11.9 Å². The van der Waals surface area contributed by atoms with Gasteiger partial charge in [0.05, 0.1) is 34.6 Å². The summed E-state index contributed by atoms with van der Waals surface area (Å²) in [5.41, 5.74) is 2.34. The summed E-state index contributed by atoms with van der Waals surface area (Å²) < 4.78 is 21.7. The van der Waals surface area contributed by atoms with Crippen molar-refractivity contribution in [2.24, 2.45) is 11.3 Å². The van der Waals surface area contributed by atoms with Crippen molar-refractivity contribution in [3.05, 3.63) is 33.4 Å². The molecule has 186 valence electrons. The van der Waals surface area contributed by atoms with Crippen molar-refractivity contribution >= 4 is 63.6 Å². The Kier molecular flexibility index (Phi) is 5.99. The van der Waals surface area contributed by atoms with E-state index < -0.39 is 6.17 Å². The van der Waals surface area contributed by atoms with Crippen LogP contribution in [-0.4, -0.2) is 44.9 Å². The van der Waals surface area contributed by atoms with Crippen LogP contribution in [0.25, 0.3) is 11.2 Å². The van der Waals surface area contributed by atoms with Crippen molar-refractivity contribution in [3.63, 3.8) is 0 Å². The number of halogens is 4. The highest BCUT2D eigenvalue weighted by molar-refractivity contribution is 6.41. The van der Waals surface area contributed by atoms with Crippen molar-refractivity contribution in [1.29, 1.82) is 0 Å². The summed E-state index contributed by atoms with van der Waals surface area (Å²) in [6, 6.07) is 3.12. The molecule has 3 heterocycles. The number of anilines is 3. The number of rotatable bonds is 5. The molecule has 5 atom stereocenters. The third-order valence-electron chi connectivity index (χ3n) is 7.79. The second-order valence-corrected chi connectivity index (χ2v) is 11.4. The standard InChI is InChI=1S/C24H26Cl3FN6O/c1-24-4-2-14(6-12(24)9-24)34-21-19(10-29-22(33-21)30-18-3-5-35-11-17(18)28)31-23(34)32-20-15(26)7-13(25)8-16(20)27/h7-8,10,12,14,17-18H,2-6,9,11H2,1H3,(H,31,32)(H,29,30,33)/t12?,14-,17+,18+,24-/m0/s1. The van der Waals surface area contributed by atoms with E-state index in [-0.39, 0.29) is 18.7 Å². The average Bonchev–Trinajstić information content (AvgIpc) is 3.36. The van der Waals surface area contributed by atoms with E-state index in [2.05, 4.69) is 27.1 Å². The molecule has 3 aliphatic rings. The maximum Gasteiger partial charge on any atom is 0.225 e. The molecule has 1 unspecified atom stereocenters. The van der Waals surface area contributed by atoms with Crippen LogP contribution in [0.5, 0.6) is 0 Å². The van der Waals surface area contributed by atoms with E-state index in [1.54, 1.807) is 18.3 Å². The zero-order valence-electron chi connectivity index (χ0n) is 19.2. The summed E-state index contributed by atoms with van der Waals surface area (Å²) >= 11 is 19.0. The first-order valence-electron chi connectivity index (χ1n) is 12.0. The molecule has 0 spiro atoms. The molecule has 2 aliphatic carbocycles. The maximum atomic E-state index is 14.3. The van der Waals surface area contributed by atoms with Gasteiger partial charge < -0.3 is 15.4 Å². The molecule has 1 aliphatic heterocycles. The number of nitrogens with one attached hydrogen (secondary N) is 2. The van der Waals surface area contributed by atoms with Crippen LogP contribution in [0.4, 0.5) is 22.0 Å². The lowest BCUT2D eigenvalue weighted by Gasteiger charge is -2.29. The molecule has 0 bridgehead atoms. The summed E-state index contributed by atoms with van der Waals surface area (Å²) in [5.74, 6) is 1.68. The maximum absolute atomic E-state index is 14.3. The van der Waals surface area contributed by atoms with Gasteiger partial charge in [0.25, 0.3) is 0 Å². The first-order valence-corrected chi connectivity index (χ1v) is 13.1. The van der Waals surface area contributed by atoms with Crippen LogP contribution in [0.15, 0.2) is 18.3 Å². The molecular weight excluding hydrogens is 514 g/mol. The zero-order chi connectivity index (χ0) is 24.3.